The van der Waals surface area contributed by atoms with Gasteiger partial charge in [-0.05, 0) is 19.8 Å². The Bertz CT molecular complexity index is 192. The molecule has 2 heteroatoms. The Labute approximate surface area is 79.5 Å². The van der Waals surface area contributed by atoms with Crippen molar-refractivity contribution in [2.45, 2.75) is 33.6 Å². The third kappa shape index (κ3) is 5.19. The summed E-state index contributed by atoms with van der Waals surface area (Å²) in [5, 5.41) is 7.88. The van der Waals surface area contributed by atoms with E-state index in [4.69, 9.17) is 5.41 Å². The molecule has 0 saturated carbocycles. The molecular formula is C10H17NS. The van der Waals surface area contributed by atoms with Gasteiger partial charge in [0.15, 0.2) is 0 Å². The molecule has 1 nitrogen and oxygen atoms in total. The first-order chi connectivity index (χ1) is 5.79. The van der Waals surface area contributed by atoms with Gasteiger partial charge in [-0.1, -0.05) is 43.8 Å². The lowest BCUT2D eigenvalue weighted by Crippen LogP contribution is -1.84. The van der Waals surface area contributed by atoms with Crippen LogP contribution in [0.5, 0.6) is 0 Å². The molecule has 0 heterocycles. The third-order valence-electron chi connectivity index (χ3n) is 1.23. The molecule has 0 saturated heterocycles. The molecule has 0 aromatic rings. The van der Waals surface area contributed by atoms with Gasteiger partial charge in [0.1, 0.15) is 0 Å². The van der Waals surface area contributed by atoms with Crippen molar-refractivity contribution in [2.24, 2.45) is 0 Å². The van der Waals surface area contributed by atoms with E-state index in [2.05, 4.69) is 18.2 Å². The van der Waals surface area contributed by atoms with Gasteiger partial charge in [0, 0.05) is 4.91 Å². The van der Waals surface area contributed by atoms with Crippen LogP contribution in [0.25, 0.3) is 0 Å². The topological polar surface area (TPSA) is 23.9 Å². The lowest BCUT2D eigenvalue weighted by atomic mass is 10.2. The molecule has 0 fully saturated rings. The van der Waals surface area contributed by atoms with Gasteiger partial charge in [-0.2, -0.15) is 0 Å². The summed E-state index contributed by atoms with van der Waals surface area (Å²) in [7, 11) is 0. The van der Waals surface area contributed by atoms with Crippen LogP contribution in [-0.2, 0) is 0 Å². The van der Waals surface area contributed by atoms with E-state index in [1.54, 1.807) is 0 Å². The molecule has 12 heavy (non-hydrogen) atoms. The van der Waals surface area contributed by atoms with Crippen molar-refractivity contribution < 1.29 is 0 Å². The largest absolute Gasteiger partial charge is 0.298 e. The van der Waals surface area contributed by atoms with Crippen LogP contribution in [0.4, 0.5) is 0 Å². The van der Waals surface area contributed by atoms with Crippen LogP contribution >= 0.6 is 11.8 Å². The molecule has 0 radical (unpaired) electrons. The summed E-state index contributed by atoms with van der Waals surface area (Å²) in [4.78, 5) is 1.22. The fraction of sp³-hybridized carbons (Fsp3) is 0.500. The van der Waals surface area contributed by atoms with Crippen LogP contribution < -0.4 is 0 Å². The van der Waals surface area contributed by atoms with E-state index >= 15 is 0 Å². The van der Waals surface area contributed by atoms with Crippen molar-refractivity contribution in [1.82, 2.24) is 0 Å². The second-order valence-corrected chi connectivity index (χ2v) is 3.53. The lowest BCUT2D eigenvalue weighted by Gasteiger charge is -2.03. The monoisotopic (exact) mass is 183 g/mol. The Morgan fingerprint density at radius 2 is 2.08 bits per heavy atom. The molecule has 0 aromatic heterocycles. The Kier molecular flexibility index (Phi) is 6.87. The maximum absolute atomic E-state index is 7.22. The van der Waals surface area contributed by atoms with Crippen LogP contribution in [0.15, 0.2) is 23.1 Å². The van der Waals surface area contributed by atoms with E-state index in [0.29, 0.717) is 5.04 Å². The Morgan fingerprint density at radius 3 is 2.50 bits per heavy atom. The highest BCUT2D eigenvalue weighted by Crippen LogP contribution is 2.22. The zero-order valence-electron chi connectivity index (χ0n) is 8.05. The number of thioether (sulfide) groups is 1. The van der Waals surface area contributed by atoms with Crippen LogP contribution in [0.3, 0.4) is 0 Å². The minimum atomic E-state index is 0.665. The summed E-state index contributed by atoms with van der Waals surface area (Å²) < 4.78 is 0. The van der Waals surface area contributed by atoms with Crippen molar-refractivity contribution >= 4 is 16.8 Å². The predicted octanol–water partition coefficient (Wildman–Crippen LogP) is 3.98. The van der Waals surface area contributed by atoms with Gasteiger partial charge in [0.05, 0.1) is 5.04 Å². The van der Waals surface area contributed by atoms with Crippen molar-refractivity contribution in [3.63, 3.8) is 0 Å². The van der Waals surface area contributed by atoms with Crippen molar-refractivity contribution in [3.05, 3.63) is 23.1 Å². The highest BCUT2D eigenvalue weighted by molar-refractivity contribution is 8.17. The van der Waals surface area contributed by atoms with Crippen molar-refractivity contribution in [3.8, 4) is 0 Å². The van der Waals surface area contributed by atoms with E-state index in [9.17, 15) is 0 Å². The van der Waals surface area contributed by atoms with E-state index in [-0.39, 0.29) is 0 Å². The summed E-state index contributed by atoms with van der Waals surface area (Å²) in [6.45, 7) is 5.81. The number of hydrogen-bond acceptors (Lipinski definition) is 2. The number of nitrogens with one attached hydrogen (secondary N) is 1. The van der Waals surface area contributed by atoms with Gasteiger partial charge in [-0.15, -0.1) is 0 Å². The third-order valence-corrected chi connectivity index (χ3v) is 2.08. The molecule has 0 aliphatic heterocycles. The molecule has 0 atom stereocenters. The summed E-state index contributed by atoms with van der Waals surface area (Å²) in [5.41, 5.74) is 0. The summed E-state index contributed by atoms with van der Waals surface area (Å²) in [6.07, 6.45) is 8.72. The smallest absolute Gasteiger partial charge is 0.0658 e. The molecule has 1 aliphatic rings. The maximum Gasteiger partial charge on any atom is 0.0658 e. The second kappa shape index (κ2) is 7.17. The highest BCUT2D eigenvalue weighted by Gasteiger charge is 1.97. The molecule has 0 bridgehead atoms. The fourth-order valence-electron chi connectivity index (χ4n) is 0.842. The van der Waals surface area contributed by atoms with Crippen LogP contribution in [-0.4, -0.2) is 5.04 Å². The van der Waals surface area contributed by atoms with E-state index < -0.39 is 0 Å². The van der Waals surface area contributed by atoms with Gasteiger partial charge < -0.3 is 0 Å². The first-order valence-corrected chi connectivity index (χ1v) is 5.20. The minimum absolute atomic E-state index is 0.665. The van der Waals surface area contributed by atoms with Crippen LogP contribution in [0.1, 0.15) is 33.6 Å². The molecule has 1 N–H and O–H groups in total. The van der Waals surface area contributed by atoms with E-state index in [1.807, 2.05) is 20.8 Å². The zero-order valence-corrected chi connectivity index (χ0v) is 8.87. The quantitative estimate of drug-likeness (QED) is 0.482. The van der Waals surface area contributed by atoms with Crippen molar-refractivity contribution in [2.75, 3.05) is 0 Å². The SMILES string of the molecule is CC.CC(=N)SC1=CCCC=C1. The Balaban J connectivity index is 0.000000561. The first kappa shape index (κ1) is 11.5. The minimum Gasteiger partial charge on any atom is -0.298 e. The van der Waals surface area contributed by atoms with Gasteiger partial charge in [0.2, 0.25) is 0 Å². The number of rotatable bonds is 1. The number of hydrogen-bond donors (Lipinski definition) is 1. The zero-order chi connectivity index (χ0) is 9.40. The van der Waals surface area contributed by atoms with Gasteiger partial charge in [-0.25, -0.2) is 0 Å². The standard InChI is InChI=1S/C8H11NS.C2H6/c1-7(9)10-8-5-3-2-4-6-8;1-2/h3,5-6,9H,2,4H2,1H3;1-2H3. The van der Waals surface area contributed by atoms with Crippen LogP contribution in [0.2, 0.25) is 0 Å². The average molecular weight is 183 g/mol. The molecular weight excluding hydrogens is 166 g/mol. The second-order valence-electron chi connectivity index (χ2n) is 2.24. The Morgan fingerprint density at radius 1 is 1.42 bits per heavy atom. The molecule has 0 aromatic carbocycles. The predicted molar refractivity (Wildman–Crippen MR) is 58.8 cm³/mol. The van der Waals surface area contributed by atoms with Gasteiger partial charge >= 0.3 is 0 Å². The summed E-state index contributed by atoms with van der Waals surface area (Å²) >= 11 is 1.53. The molecule has 0 unspecified atom stereocenters. The van der Waals surface area contributed by atoms with Crippen LogP contribution in [0, 0.1) is 5.41 Å². The molecule has 68 valence electrons. The average Bonchev–Trinajstić information content (AvgIpc) is 2.08. The molecule has 0 amide bonds. The molecule has 1 aliphatic carbocycles. The molecule has 1 rings (SSSR count). The fourth-order valence-corrected chi connectivity index (χ4v) is 1.56. The van der Waals surface area contributed by atoms with E-state index in [0.717, 1.165) is 12.8 Å². The lowest BCUT2D eigenvalue weighted by molar-refractivity contribution is 1.03. The van der Waals surface area contributed by atoms with Gasteiger partial charge in [-0.3, -0.25) is 5.41 Å². The van der Waals surface area contributed by atoms with Gasteiger partial charge in [0.25, 0.3) is 0 Å². The summed E-state index contributed by atoms with van der Waals surface area (Å²) in [5.74, 6) is 0. The maximum atomic E-state index is 7.22. The molecule has 0 spiro atoms. The highest BCUT2D eigenvalue weighted by atomic mass is 32.2. The summed E-state index contributed by atoms with van der Waals surface area (Å²) in [6, 6.07) is 0. The Hall–Kier alpha value is -0.500. The van der Waals surface area contributed by atoms with Crippen molar-refractivity contribution in [1.29, 1.82) is 5.41 Å². The first-order valence-electron chi connectivity index (χ1n) is 4.39. The van der Waals surface area contributed by atoms with E-state index in [1.165, 1.54) is 16.7 Å². The number of allylic oxidation sites excluding steroid dienone is 3. The normalized spacial score (nSPS) is 14.4.